The normalized spacial score (nSPS) is 17.5. The topological polar surface area (TPSA) is 62.6 Å². The summed E-state index contributed by atoms with van der Waals surface area (Å²) in [6, 6.07) is 10.2. The highest BCUT2D eigenvalue weighted by atomic mass is 79.9. The molecule has 1 aliphatic rings. The van der Waals surface area contributed by atoms with Gasteiger partial charge in [-0.2, -0.15) is 0 Å². The van der Waals surface area contributed by atoms with Crippen LogP contribution in [0.3, 0.4) is 0 Å². The van der Waals surface area contributed by atoms with Crippen LogP contribution in [-0.2, 0) is 4.79 Å². The van der Waals surface area contributed by atoms with Gasteiger partial charge in [-0.3, -0.25) is 9.59 Å². The number of benzene rings is 1. The first-order valence-electron chi connectivity index (χ1n) is 7.06. The molecule has 1 aromatic heterocycles. The van der Waals surface area contributed by atoms with E-state index in [9.17, 15) is 9.59 Å². The average Bonchev–Trinajstić information content (AvgIpc) is 3.18. The molecule has 6 heteroatoms. The lowest BCUT2D eigenvalue weighted by Crippen LogP contribution is -2.43. The fraction of sp³-hybridized carbons (Fsp3) is 0.250. The van der Waals surface area contributed by atoms with Gasteiger partial charge in [-0.15, -0.1) is 0 Å². The van der Waals surface area contributed by atoms with Crippen LogP contribution >= 0.6 is 15.9 Å². The van der Waals surface area contributed by atoms with Crippen molar-refractivity contribution in [2.45, 2.75) is 18.9 Å². The number of halogens is 1. The molecule has 0 aliphatic carbocycles. The zero-order valence-electron chi connectivity index (χ0n) is 11.8. The number of nitrogens with zero attached hydrogens (tertiary/aromatic N) is 1. The van der Waals surface area contributed by atoms with Crippen LogP contribution in [0.1, 0.15) is 23.4 Å². The van der Waals surface area contributed by atoms with Gasteiger partial charge in [0.2, 0.25) is 5.91 Å². The highest BCUT2D eigenvalue weighted by Gasteiger charge is 2.35. The Morgan fingerprint density at radius 1 is 1.27 bits per heavy atom. The maximum Gasteiger partial charge on any atom is 0.290 e. The van der Waals surface area contributed by atoms with Crippen LogP contribution in [-0.4, -0.2) is 29.3 Å². The highest BCUT2D eigenvalue weighted by Crippen LogP contribution is 2.23. The predicted molar refractivity (Wildman–Crippen MR) is 85.5 cm³/mol. The summed E-state index contributed by atoms with van der Waals surface area (Å²) in [6.45, 7) is 0.566. The fourth-order valence-electron chi connectivity index (χ4n) is 2.62. The molecule has 3 rings (SSSR count). The van der Waals surface area contributed by atoms with Crippen LogP contribution in [0.2, 0.25) is 0 Å². The third-order valence-electron chi connectivity index (χ3n) is 3.64. The number of carbonyl (C=O) groups excluding carboxylic acids is 2. The van der Waals surface area contributed by atoms with E-state index in [1.165, 1.54) is 6.26 Å². The number of likely N-dealkylation sites (tertiary alicyclic amines) is 1. The minimum atomic E-state index is -0.461. The van der Waals surface area contributed by atoms with Crippen LogP contribution in [0.5, 0.6) is 0 Å². The van der Waals surface area contributed by atoms with E-state index in [4.69, 9.17) is 4.42 Å². The highest BCUT2D eigenvalue weighted by molar-refractivity contribution is 9.10. The standard InChI is InChI=1S/C16H15BrN2O3/c17-11-4-1-5-12(10-11)18-15(20)13-6-2-8-19(13)16(21)14-7-3-9-22-14/h1,3-5,7,9-10,13H,2,6,8H2,(H,18,20)/t13-/m1/s1. The van der Waals surface area contributed by atoms with Gasteiger partial charge >= 0.3 is 0 Å². The van der Waals surface area contributed by atoms with Gasteiger partial charge in [-0.1, -0.05) is 22.0 Å². The van der Waals surface area contributed by atoms with Crippen molar-refractivity contribution < 1.29 is 14.0 Å². The summed E-state index contributed by atoms with van der Waals surface area (Å²) < 4.78 is 6.03. The molecule has 0 bridgehead atoms. The molecule has 22 heavy (non-hydrogen) atoms. The summed E-state index contributed by atoms with van der Waals surface area (Å²) in [7, 11) is 0. The van der Waals surface area contributed by atoms with Crippen molar-refractivity contribution in [1.29, 1.82) is 0 Å². The van der Waals surface area contributed by atoms with Crippen molar-refractivity contribution in [1.82, 2.24) is 4.90 Å². The molecule has 1 fully saturated rings. The summed E-state index contributed by atoms with van der Waals surface area (Å²) >= 11 is 3.37. The molecule has 2 heterocycles. The molecule has 5 nitrogen and oxygen atoms in total. The van der Waals surface area contributed by atoms with Gasteiger partial charge in [0.1, 0.15) is 6.04 Å². The first-order chi connectivity index (χ1) is 10.6. The van der Waals surface area contributed by atoms with E-state index in [1.807, 2.05) is 24.3 Å². The number of nitrogens with one attached hydrogen (secondary N) is 1. The van der Waals surface area contributed by atoms with Gasteiger partial charge in [0.25, 0.3) is 5.91 Å². The number of rotatable bonds is 3. The van der Waals surface area contributed by atoms with E-state index in [1.54, 1.807) is 17.0 Å². The lowest BCUT2D eigenvalue weighted by molar-refractivity contribution is -0.119. The van der Waals surface area contributed by atoms with E-state index in [-0.39, 0.29) is 17.6 Å². The van der Waals surface area contributed by atoms with Crippen LogP contribution in [0.4, 0.5) is 5.69 Å². The van der Waals surface area contributed by atoms with Gasteiger partial charge in [0.15, 0.2) is 5.76 Å². The second-order valence-electron chi connectivity index (χ2n) is 5.13. The minimum Gasteiger partial charge on any atom is -0.459 e. The molecule has 1 N–H and O–H groups in total. The number of hydrogen-bond acceptors (Lipinski definition) is 3. The third-order valence-corrected chi connectivity index (χ3v) is 4.13. The molecule has 0 radical (unpaired) electrons. The molecule has 0 spiro atoms. The third kappa shape index (κ3) is 3.06. The van der Waals surface area contributed by atoms with Gasteiger partial charge in [0.05, 0.1) is 6.26 Å². The molecule has 0 saturated carbocycles. The number of anilines is 1. The SMILES string of the molecule is O=C(Nc1cccc(Br)c1)[C@H]1CCCN1C(=O)c1ccco1. The van der Waals surface area contributed by atoms with Crippen LogP contribution in [0.15, 0.2) is 51.6 Å². The van der Waals surface area contributed by atoms with E-state index >= 15 is 0 Å². The van der Waals surface area contributed by atoms with Crippen molar-refractivity contribution in [2.24, 2.45) is 0 Å². The molecule has 0 unspecified atom stereocenters. The Balaban J connectivity index is 1.72. The van der Waals surface area contributed by atoms with Crippen molar-refractivity contribution in [3.05, 3.63) is 52.9 Å². The van der Waals surface area contributed by atoms with E-state index < -0.39 is 6.04 Å². The Morgan fingerprint density at radius 2 is 2.14 bits per heavy atom. The molecular weight excluding hydrogens is 348 g/mol. The van der Waals surface area contributed by atoms with Gasteiger partial charge in [-0.05, 0) is 43.2 Å². The molecule has 2 amide bonds. The molecule has 2 aromatic rings. The summed E-state index contributed by atoms with van der Waals surface area (Å²) in [6.07, 6.45) is 2.93. The number of carbonyl (C=O) groups is 2. The summed E-state index contributed by atoms with van der Waals surface area (Å²) in [5.41, 5.74) is 0.705. The zero-order chi connectivity index (χ0) is 15.5. The predicted octanol–water partition coefficient (Wildman–Crippen LogP) is 3.29. The first-order valence-corrected chi connectivity index (χ1v) is 7.85. The van der Waals surface area contributed by atoms with E-state index in [0.717, 1.165) is 10.9 Å². The van der Waals surface area contributed by atoms with Crippen molar-refractivity contribution >= 4 is 33.4 Å². The van der Waals surface area contributed by atoms with Crippen molar-refractivity contribution in [2.75, 3.05) is 11.9 Å². The lowest BCUT2D eigenvalue weighted by Gasteiger charge is -2.23. The fourth-order valence-corrected chi connectivity index (χ4v) is 3.02. The van der Waals surface area contributed by atoms with E-state index in [2.05, 4.69) is 21.2 Å². The van der Waals surface area contributed by atoms with Gasteiger partial charge in [0, 0.05) is 16.7 Å². The summed E-state index contributed by atoms with van der Waals surface area (Å²) in [5, 5.41) is 2.86. The number of hydrogen-bond donors (Lipinski definition) is 1. The molecule has 1 aromatic carbocycles. The molecular formula is C16H15BrN2O3. The quantitative estimate of drug-likeness (QED) is 0.910. The Bertz CT molecular complexity index is 684. The van der Waals surface area contributed by atoms with Crippen molar-refractivity contribution in [3.8, 4) is 0 Å². The van der Waals surface area contributed by atoms with Crippen molar-refractivity contribution in [3.63, 3.8) is 0 Å². The molecule has 114 valence electrons. The van der Waals surface area contributed by atoms with Gasteiger partial charge in [-0.25, -0.2) is 0 Å². The second-order valence-corrected chi connectivity index (χ2v) is 6.05. The number of amides is 2. The maximum absolute atomic E-state index is 12.5. The summed E-state index contributed by atoms with van der Waals surface area (Å²) in [4.78, 5) is 26.4. The molecule has 1 aliphatic heterocycles. The minimum absolute atomic E-state index is 0.171. The van der Waals surface area contributed by atoms with Crippen LogP contribution in [0.25, 0.3) is 0 Å². The van der Waals surface area contributed by atoms with Crippen LogP contribution < -0.4 is 5.32 Å². The van der Waals surface area contributed by atoms with Gasteiger partial charge < -0.3 is 14.6 Å². The summed E-state index contributed by atoms with van der Waals surface area (Å²) in [5.74, 6) is -0.144. The zero-order valence-corrected chi connectivity index (χ0v) is 13.4. The van der Waals surface area contributed by atoms with Crippen LogP contribution in [0, 0.1) is 0 Å². The first kappa shape index (κ1) is 14.8. The Kier molecular flexibility index (Phi) is 4.29. The molecule has 1 atom stereocenters. The molecule has 1 saturated heterocycles. The van der Waals surface area contributed by atoms with E-state index in [0.29, 0.717) is 18.7 Å². The smallest absolute Gasteiger partial charge is 0.290 e. The second kappa shape index (κ2) is 6.36. The lowest BCUT2D eigenvalue weighted by atomic mass is 10.2. The largest absolute Gasteiger partial charge is 0.459 e. The monoisotopic (exact) mass is 362 g/mol. The Labute approximate surface area is 136 Å². The Morgan fingerprint density at radius 3 is 2.86 bits per heavy atom. The number of furan rings is 1. The maximum atomic E-state index is 12.5. The average molecular weight is 363 g/mol. The Hall–Kier alpha value is -2.08.